The minimum absolute atomic E-state index is 0.111. The number of thiol groups is 1. The Balaban J connectivity index is 4.81. The van der Waals surface area contributed by atoms with E-state index >= 15 is 0 Å². The van der Waals surface area contributed by atoms with E-state index in [-0.39, 0.29) is 15.3 Å². The van der Waals surface area contributed by atoms with Crippen LogP contribution in [0.25, 0.3) is 0 Å². The Morgan fingerprint density at radius 2 is 0.882 bits per heavy atom. The second-order valence-corrected chi connectivity index (χ2v) is 12.1. The molecule has 0 heterocycles. The molecule has 0 amide bonds. The van der Waals surface area contributed by atoms with Crippen LogP contribution in [0.5, 0.6) is 0 Å². The zero-order valence-electron chi connectivity index (χ0n) is 20.8. The van der Waals surface area contributed by atoms with Crippen molar-refractivity contribution in [1.82, 2.24) is 0 Å². The van der Waals surface area contributed by atoms with Crippen LogP contribution in [0.1, 0.15) is 46.5 Å². The summed E-state index contributed by atoms with van der Waals surface area (Å²) in [5.41, 5.74) is -0.467. The molecule has 0 spiro atoms. The van der Waals surface area contributed by atoms with Gasteiger partial charge < -0.3 is 18.9 Å². The van der Waals surface area contributed by atoms with Crippen LogP contribution >= 0.6 is 47.9 Å². The molecule has 0 fully saturated rings. The first kappa shape index (κ1) is 34.2. The third kappa shape index (κ3) is 22.7. The summed E-state index contributed by atoms with van der Waals surface area (Å²) >= 11 is 8.15. The maximum Gasteiger partial charge on any atom is 0.185 e. The molecule has 0 saturated carbocycles. The summed E-state index contributed by atoms with van der Waals surface area (Å²) in [5, 5.41) is 0.332. The van der Waals surface area contributed by atoms with Gasteiger partial charge in [-0.3, -0.25) is 14.4 Å². The number of hydrogen-bond acceptors (Lipinski definition) is 11. The van der Waals surface area contributed by atoms with Gasteiger partial charge in [-0.15, -0.1) is 0 Å². The van der Waals surface area contributed by atoms with Gasteiger partial charge in [-0.2, -0.15) is 12.6 Å². The van der Waals surface area contributed by atoms with Gasteiger partial charge in [0.25, 0.3) is 0 Å². The second kappa shape index (κ2) is 23.6. The third-order valence-electron chi connectivity index (χ3n) is 4.29. The van der Waals surface area contributed by atoms with Crippen LogP contribution in [0.15, 0.2) is 0 Å². The molecule has 0 aliphatic heterocycles. The largest absolute Gasteiger partial charge is 0.381 e. The van der Waals surface area contributed by atoms with Crippen LogP contribution < -0.4 is 0 Å². The molecular formula is C23H42O7S4. The van der Waals surface area contributed by atoms with Gasteiger partial charge >= 0.3 is 0 Å². The molecule has 0 unspecified atom stereocenters. The molecule has 0 bridgehead atoms. The van der Waals surface area contributed by atoms with Crippen LogP contribution in [0.4, 0.5) is 0 Å². The molecule has 200 valence electrons. The molecule has 0 aromatic heterocycles. The lowest BCUT2D eigenvalue weighted by molar-refractivity contribution is -0.109. The van der Waals surface area contributed by atoms with Crippen LogP contribution in [0, 0.1) is 5.41 Å². The summed E-state index contributed by atoms with van der Waals surface area (Å²) < 4.78 is 23.9. The lowest BCUT2D eigenvalue weighted by Gasteiger charge is -2.33. The Bertz CT molecular complexity index is 485. The predicted molar refractivity (Wildman–Crippen MR) is 147 cm³/mol. The summed E-state index contributed by atoms with van der Waals surface area (Å²) in [5.74, 6) is 2.95. The van der Waals surface area contributed by atoms with Gasteiger partial charge in [0.05, 0.1) is 31.8 Å². The summed E-state index contributed by atoms with van der Waals surface area (Å²) in [6, 6.07) is 0. The fourth-order valence-corrected chi connectivity index (χ4v) is 4.48. The second-order valence-electron chi connectivity index (χ2n) is 7.87. The number of ether oxygens (including phenoxy) is 4. The molecule has 0 aromatic carbocycles. The predicted octanol–water partition coefficient (Wildman–Crippen LogP) is 4.37. The van der Waals surface area contributed by atoms with Crippen LogP contribution in [0.3, 0.4) is 0 Å². The van der Waals surface area contributed by atoms with Crippen molar-refractivity contribution >= 4 is 63.3 Å². The van der Waals surface area contributed by atoms with E-state index in [2.05, 4.69) is 12.6 Å². The van der Waals surface area contributed by atoms with E-state index in [1.807, 2.05) is 0 Å². The summed E-state index contributed by atoms with van der Waals surface area (Å²) in [6.45, 7) is 8.63. The number of rotatable bonds is 23. The molecule has 7 nitrogen and oxygen atoms in total. The number of carbonyl (C=O) groups is 3. The van der Waals surface area contributed by atoms with Crippen molar-refractivity contribution < 1.29 is 33.3 Å². The zero-order chi connectivity index (χ0) is 25.5. The molecule has 0 aliphatic rings. The van der Waals surface area contributed by atoms with Crippen LogP contribution in [0.2, 0.25) is 0 Å². The van der Waals surface area contributed by atoms with E-state index in [0.717, 1.165) is 48.7 Å². The quantitative estimate of drug-likeness (QED) is 0.144. The van der Waals surface area contributed by atoms with E-state index in [4.69, 9.17) is 18.9 Å². The summed E-state index contributed by atoms with van der Waals surface area (Å²) in [7, 11) is 0. The number of hydrogen-bond donors (Lipinski definition) is 1. The Hall–Kier alpha value is 0.250. The molecular weight excluding hydrogens is 517 g/mol. The first-order valence-corrected chi connectivity index (χ1v) is 15.2. The molecule has 0 radical (unpaired) electrons. The SMILES string of the molecule is CC(=O)SCCCOCC(COCCCS)(COCCCSC(C)=O)COCCCSC(C)=O. The molecule has 0 N–H and O–H groups in total. The first-order valence-electron chi connectivity index (χ1n) is 11.6. The Morgan fingerprint density at radius 3 is 1.15 bits per heavy atom. The molecule has 0 atom stereocenters. The van der Waals surface area contributed by atoms with Crippen molar-refractivity contribution in [3.8, 4) is 0 Å². The Labute approximate surface area is 223 Å². The number of carbonyl (C=O) groups excluding carboxylic acids is 3. The highest BCUT2D eigenvalue weighted by Gasteiger charge is 2.32. The van der Waals surface area contributed by atoms with Gasteiger partial charge in [0.2, 0.25) is 0 Å². The van der Waals surface area contributed by atoms with Crippen molar-refractivity contribution in [2.75, 3.05) is 75.9 Å². The maximum absolute atomic E-state index is 11.1. The minimum Gasteiger partial charge on any atom is -0.381 e. The van der Waals surface area contributed by atoms with E-state index in [0.29, 0.717) is 52.9 Å². The Kier molecular flexibility index (Phi) is 23.8. The highest BCUT2D eigenvalue weighted by molar-refractivity contribution is 8.14. The average Bonchev–Trinajstić information content (AvgIpc) is 2.77. The topological polar surface area (TPSA) is 88.1 Å². The standard InChI is InChI=1S/C23H42O7S4/c1-20(24)32-13-5-9-28-17-23(16-27-8-4-12-31,18-29-10-6-14-33-21(2)25)19-30-11-7-15-34-22(3)26/h31H,4-19H2,1-3H3. The van der Waals surface area contributed by atoms with Crippen molar-refractivity contribution in [3.63, 3.8) is 0 Å². The van der Waals surface area contributed by atoms with Gasteiger partial charge in [-0.1, -0.05) is 35.3 Å². The highest BCUT2D eigenvalue weighted by Crippen LogP contribution is 2.22. The lowest BCUT2D eigenvalue weighted by Crippen LogP contribution is -2.42. The molecule has 0 rings (SSSR count). The van der Waals surface area contributed by atoms with Crippen molar-refractivity contribution in [3.05, 3.63) is 0 Å². The van der Waals surface area contributed by atoms with Gasteiger partial charge in [0.1, 0.15) is 0 Å². The zero-order valence-corrected chi connectivity index (χ0v) is 24.2. The van der Waals surface area contributed by atoms with Gasteiger partial charge in [0.15, 0.2) is 15.3 Å². The van der Waals surface area contributed by atoms with E-state index < -0.39 is 5.41 Å². The van der Waals surface area contributed by atoms with Gasteiger partial charge in [-0.25, -0.2) is 0 Å². The summed E-state index contributed by atoms with van der Waals surface area (Å²) in [6.07, 6.45) is 3.21. The molecule has 11 heteroatoms. The van der Waals surface area contributed by atoms with Crippen molar-refractivity contribution in [2.45, 2.75) is 46.5 Å². The van der Waals surface area contributed by atoms with Crippen LogP contribution in [-0.2, 0) is 33.3 Å². The van der Waals surface area contributed by atoms with Gasteiger partial charge in [0, 0.05) is 64.5 Å². The van der Waals surface area contributed by atoms with E-state index in [1.165, 1.54) is 35.3 Å². The van der Waals surface area contributed by atoms with Crippen LogP contribution in [-0.4, -0.2) is 91.2 Å². The normalized spacial score (nSPS) is 11.6. The number of thioether (sulfide) groups is 3. The lowest BCUT2D eigenvalue weighted by atomic mass is 9.92. The molecule has 0 aromatic rings. The Morgan fingerprint density at radius 1 is 0.588 bits per heavy atom. The van der Waals surface area contributed by atoms with Crippen molar-refractivity contribution in [2.24, 2.45) is 5.41 Å². The fourth-order valence-electron chi connectivity index (χ4n) is 2.70. The average molecular weight is 559 g/mol. The van der Waals surface area contributed by atoms with Gasteiger partial charge in [-0.05, 0) is 31.4 Å². The minimum atomic E-state index is -0.467. The molecule has 0 aliphatic carbocycles. The monoisotopic (exact) mass is 558 g/mol. The molecule has 34 heavy (non-hydrogen) atoms. The maximum atomic E-state index is 11.1. The third-order valence-corrected chi connectivity index (χ3v) is 7.31. The van der Waals surface area contributed by atoms with E-state index in [1.54, 1.807) is 20.8 Å². The highest BCUT2D eigenvalue weighted by atomic mass is 32.2. The fraction of sp³-hybridized carbons (Fsp3) is 0.870. The first-order chi connectivity index (χ1) is 16.3. The van der Waals surface area contributed by atoms with Crippen molar-refractivity contribution in [1.29, 1.82) is 0 Å². The summed E-state index contributed by atoms with van der Waals surface area (Å²) in [4.78, 5) is 33.3. The smallest absolute Gasteiger partial charge is 0.185 e. The molecule has 0 saturated heterocycles. The van der Waals surface area contributed by atoms with E-state index in [9.17, 15) is 14.4 Å².